The molecule has 0 unspecified atom stereocenters. The van der Waals surface area contributed by atoms with E-state index in [0.29, 0.717) is 41.8 Å². The van der Waals surface area contributed by atoms with Gasteiger partial charge in [0.1, 0.15) is 19.0 Å². The molecular formula is C23H22N2O6S. The van der Waals surface area contributed by atoms with E-state index in [4.69, 9.17) is 14.2 Å². The molecule has 32 heavy (non-hydrogen) atoms. The fraction of sp³-hybridized carbons (Fsp3) is 0.174. The van der Waals surface area contributed by atoms with Crippen LogP contribution in [-0.2, 0) is 21.2 Å². The third kappa shape index (κ3) is 4.94. The van der Waals surface area contributed by atoms with E-state index >= 15 is 0 Å². The minimum Gasteiger partial charge on any atom is -0.496 e. The first-order chi connectivity index (χ1) is 15.4. The second-order valence-electron chi connectivity index (χ2n) is 7.03. The molecule has 0 radical (unpaired) electrons. The van der Waals surface area contributed by atoms with Crippen LogP contribution in [0, 0.1) is 0 Å². The SMILES string of the molecule is COc1ccccc1CC(=O)Nc1ccc(NS(=O)(=O)c2ccc3c(c2)OCCO3)cc1. The normalized spacial score (nSPS) is 12.7. The van der Waals surface area contributed by atoms with Crippen LogP contribution in [0.2, 0.25) is 0 Å². The summed E-state index contributed by atoms with van der Waals surface area (Å²) in [5, 5.41) is 2.80. The third-order valence-corrected chi connectivity index (χ3v) is 6.17. The van der Waals surface area contributed by atoms with Crippen LogP contribution in [0.4, 0.5) is 11.4 Å². The van der Waals surface area contributed by atoms with E-state index in [9.17, 15) is 13.2 Å². The fourth-order valence-corrected chi connectivity index (χ4v) is 4.33. The van der Waals surface area contributed by atoms with Gasteiger partial charge in [0.05, 0.1) is 18.4 Å². The average molecular weight is 455 g/mol. The number of ether oxygens (including phenoxy) is 3. The highest BCUT2D eigenvalue weighted by Gasteiger charge is 2.19. The quantitative estimate of drug-likeness (QED) is 0.567. The van der Waals surface area contributed by atoms with Crippen molar-refractivity contribution in [3.63, 3.8) is 0 Å². The lowest BCUT2D eigenvalue weighted by Crippen LogP contribution is -2.17. The largest absolute Gasteiger partial charge is 0.496 e. The van der Waals surface area contributed by atoms with Gasteiger partial charge < -0.3 is 19.5 Å². The number of fused-ring (bicyclic) bond motifs is 1. The molecule has 2 N–H and O–H groups in total. The van der Waals surface area contributed by atoms with E-state index < -0.39 is 10.0 Å². The molecule has 1 aliphatic heterocycles. The van der Waals surface area contributed by atoms with Crippen LogP contribution in [0.3, 0.4) is 0 Å². The molecule has 4 rings (SSSR count). The summed E-state index contributed by atoms with van der Waals surface area (Å²) in [5.41, 5.74) is 1.69. The molecule has 0 fully saturated rings. The van der Waals surface area contributed by atoms with Crippen molar-refractivity contribution >= 4 is 27.3 Å². The zero-order valence-electron chi connectivity index (χ0n) is 17.3. The number of carbonyl (C=O) groups is 1. The Hall–Kier alpha value is -3.72. The topological polar surface area (TPSA) is 103 Å². The summed E-state index contributed by atoms with van der Waals surface area (Å²) in [5.74, 6) is 1.35. The van der Waals surface area contributed by atoms with Gasteiger partial charge in [0.25, 0.3) is 10.0 Å². The molecule has 0 atom stereocenters. The lowest BCUT2D eigenvalue weighted by molar-refractivity contribution is -0.115. The summed E-state index contributed by atoms with van der Waals surface area (Å²) in [6, 6.07) is 18.2. The van der Waals surface area contributed by atoms with Gasteiger partial charge in [-0.15, -0.1) is 0 Å². The van der Waals surface area contributed by atoms with E-state index in [1.165, 1.54) is 12.1 Å². The van der Waals surface area contributed by atoms with Gasteiger partial charge in [-0.05, 0) is 42.5 Å². The van der Waals surface area contributed by atoms with Gasteiger partial charge in [0, 0.05) is 23.0 Å². The molecular weight excluding hydrogens is 432 g/mol. The Morgan fingerprint density at radius 1 is 0.938 bits per heavy atom. The van der Waals surface area contributed by atoms with Crippen molar-refractivity contribution in [1.82, 2.24) is 0 Å². The maximum Gasteiger partial charge on any atom is 0.262 e. The lowest BCUT2D eigenvalue weighted by Gasteiger charge is -2.19. The van der Waals surface area contributed by atoms with Crippen LogP contribution in [-0.4, -0.2) is 34.6 Å². The number of hydrogen-bond acceptors (Lipinski definition) is 6. The molecule has 1 aliphatic rings. The van der Waals surface area contributed by atoms with Gasteiger partial charge in [0.15, 0.2) is 11.5 Å². The average Bonchev–Trinajstić information content (AvgIpc) is 2.80. The van der Waals surface area contributed by atoms with Crippen LogP contribution < -0.4 is 24.2 Å². The second-order valence-corrected chi connectivity index (χ2v) is 8.71. The number of methoxy groups -OCH3 is 1. The number of nitrogens with one attached hydrogen (secondary N) is 2. The zero-order chi connectivity index (χ0) is 22.6. The minimum absolute atomic E-state index is 0.0657. The van der Waals surface area contributed by atoms with E-state index in [1.54, 1.807) is 43.5 Å². The number of hydrogen-bond donors (Lipinski definition) is 2. The Morgan fingerprint density at radius 3 is 2.38 bits per heavy atom. The van der Waals surface area contributed by atoms with Crippen molar-refractivity contribution < 1.29 is 27.4 Å². The highest BCUT2D eigenvalue weighted by Crippen LogP contribution is 2.32. The van der Waals surface area contributed by atoms with Crippen molar-refractivity contribution in [1.29, 1.82) is 0 Å². The van der Waals surface area contributed by atoms with Gasteiger partial charge in [-0.2, -0.15) is 0 Å². The van der Waals surface area contributed by atoms with Crippen LogP contribution in [0.25, 0.3) is 0 Å². The number of sulfonamides is 1. The second kappa shape index (κ2) is 9.19. The van der Waals surface area contributed by atoms with Gasteiger partial charge >= 0.3 is 0 Å². The maximum absolute atomic E-state index is 12.7. The lowest BCUT2D eigenvalue weighted by atomic mass is 10.1. The Labute approximate surface area is 186 Å². The van der Waals surface area contributed by atoms with E-state index in [0.717, 1.165) is 5.56 Å². The van der Waals surface area contributed by atoms with Crippen molar-refractivity contribution in [2.24, 2.45) is 0 Å². The Balaban J connectivity index is 1.40. The smallest absolute Gasteiger partial charge is 0.262 e. The first-order valence-corrected chi connectivity index (χ1v) is 11.4. The van der Waals surface area contributed by atoms with Crippen molar-refractivity contribution in [3.8, 4) is 17.2 Å². The molecule has 0 aromatic heterocycles. The van der Waals surface area contributed by atoms with Gasteiger partial charge in [0.2, 0.25) is 5.91 Å². The highest BCUT2D eigenvalue weighted by molar-refractivity contribution is 7.92. The number of rotatable bonds is 7. The third-order valence-electron chi connectivity index (χ3n) is 4.79. The molecule has 0 aliphatic carbocycles. The summed E-state index contributed by atoms with van der Waals surface area (Å²) in [7, 11) is -2.26. The van der Waals surface area contributed by atoms with E-state index in [-0.39, 0.29) is 17.2 Å². The van der Waals surface area contributed by atoms with Crippen molar-refractivity contribution in [3.05, 3.63) is 72.3 Å². The molecule has 0 bridgehead atoms. The molecule has 8 nitrogen and oxygen atoms in total. The minimum atomic E-state index is -3.82. The van der Waals surface area contributed by atoms with Gasteiger partial charge in [-0.3, -0.25) is 9.52 Å². The molecule has 3 aromatic carbocycles. The standard InChI is InChI=1S/C23H22N2O6S/c1-29-20-5-3-2-4-16(20)14-23(26)24-17-6-8-18(9-7-17)25-32(27,28)19-10-11-21-22(15-19)31-13-12-30-21/h2-11,15,25H,12-14H2,1H3,(H,24,26). The summed E-state index contributed by atoms with van der Waals surface area (Å²) >= 11 is 0. The van der Waals surface area contributed by atoms with Crippen LogP contribution in [0.5, 0.6) is 17.2 Å². The predicted octanol–water partition coefficient (Wildman–Crippen LogP) is 3.45. The number of anilines is 2. The van der Waals surface area contributed by atoms with Crippen molar-refractivity contribution in [2.75, 3.05) is 30.4 Å². The summed E-state index contributed by atoms with van der Waals surface area (Å²) in [6.45, 7) is 0.799. The van der Waals surface area contributed by atoms with E-state index in [1.807, 2.05) is 18.2 Å². The number of amides is 1. The Bertz CT molecular complexity index is 1230. The summed E-state index contributed by atoms with van der Waals surface area (Å²) in [6.07, 6.45) is 0.155. The fourth-order valence-electron chi connectivity index (χ4n) is 3.25. The zero-order valence-corrected chi connectivity index (χ0v) is 18.1. The molecule has 0 saturated heterocycles. The van der Waals surface area contributed by atoms with Crippen molar-refractivity contribution in [2.45, 2.75) is 11.3 Å². The number of carbonyl (C=O) groups excluding carboxylic acids is 1. The Morgan fingerprint density at radius 2 is 1.62 bits per heavy atom. The number of benzene rings is 3. The van der Waals surface area contributed by atoms with E-state index in [2.05, 4.69) is 10.0 Å². The van der Waals surface area contributed by atoms with Gasteiger partial charge in [-0.1, -0.05) is 18.2 Å². The highest BCUT2D eigenvalue weighted by atomic mass is 32.2. The molecule has 0 spiro atoms. The van der Waals surface area contributed by atoms with Crippen LogP contribution >= 0.6 is 0 Å². The van der Waals surface area contributed by atoms with Gasteiger partial charge in [-0.25, -0.2) is 8.42 Å². The number of para-hydroxylation sites is 1. The molecule has 0 saturated carbocycles. The monoisotopic (exact) mass is 454 g/mol. The molecule has 3 aromatic rings. The molecule has 1 amide bonds. The molecule has 9 heteroatoms. The summed E-state index contributed by atoms with van der Waals surface area (Å²) < 4.78 is 44.1. The molecule has 166 valence electrons. The predicted molar refractivity (Wildman–Crippen MR) is 120 cm³/mol. The van der Waals surface area contributed by atoms with Crippen LogP contribution in [0.1, 0.15) is 5.56 Å². The first kappa shape index (κ1) is 21.5. The molecule has 1 heterocycles. The maximum atomic E-state index is 12.7. The summed E-state index contributed by atoms with van der Waals surface area (Å²) in [4.78, 5) is 12.4. The Kier molecular flexibility index (Phi) is 6.18. The first-order valence-electron chi connectivity index (χ1n) is 9.89. The van der Waals surface area contributed by atoms with Crippen LogP contribution in [0.15, 0.2) is 71.6 Å².